The number of benzene rings is 3. The highest BCUT2D eigenvalue weighted by atomic mass is 32.2. The van der Waals surface area contributed by atoms with Crippen LogP contribution >= 0.6 is 11.8 Å². The van der Waals surface area contributed by atoms with Crippen LogP contribution < -0.4 is 19.5 Å². The van der Waals surface area contributed by atoms with E-state index < -0.39 is 22.3 Å². The maximum absolute atomic E-state index is 12.6. The van der Waals surface area contributed by atoms with Crippen molar-refractivity contribution in [3.05, 3.63) is 83.4 Å². The molecule has 1 fully saturated rings. The number of thioether (sulfide) groups is 1. The second-order valence-electron chi connectivity index (χ2n) is 7.91. The minimum absolute atomic E-state index is 0.0893. The maximum Gasteiger partial charge on any atom is 0.338 e. The van der Waals surface area contributed by atoms with Gasteiger partial charge >= 0.3 is 5.97 Å². The molecule has 190 valence electrons. The monoisotopic (exact) mass is 520 g/mol. The van der Waals surface area contributed by atoms with Crippen LogP contribution in [0.5, 0.6) is 23.0 Å². The molecular formula is C28H25NO7S. The first kappa shape index (κ1) is 24.5. The topological polar surface area (TPSA) is 100 Å². The molecule has 0 aliphatic carbocycles. The van der Waals surface area contributed by atoms with E-state index in [1.54, 1.807) is 87.0 Å². The van der Waals surface area contributed by atoms with Crippen LogP contribution in [0, 0.1) is 0 Å². The Labute approximate surface area is 220 Å². The van der Waals surface area contributed by atoms with Gasteiger partial charge in [0.25, 0.3) is 5.24 Å². The molecule has 1 unspecified atom stereocenters. The summed E-state index contributed by atoms with van der Waals surface area (Å²) in [5.41, 5.74) is 2.40. The zero-order valence-corrected chi connectivity index (χ0v) is 21.2. The molecule has 9 heteroatoms. The Hall–Kier alpha value is -4.24. The highest BCUT2D eigenvalue weighted by molar-refractivity contribution is 8.15. The fraction of sp³-hybridized carbons (Fsp3) is 0.179. The minimum atomic E-state index is -1.57. The number of carbonyl (C=O) groups excluding carboxylic acids is 3. The molecule has 0 aromatic heterocycles. The molecule has 3 aromatic carbocycles. The van der Waals surface area contributed by atoms with Gasteiger partial charge in [0.05, 0.1) is 33.5 Å². The van der Waals surface area contributed by atoms with Crippen LogP contribution in [0.1, 0.15) is 18.1 Å². The third-order valence-electron chi connectivity index (χ3n) is 5.46. The van der Waals surface area contributed by atoms with Crippen molar-refractivity contribution < 1.29 is 34.7 Å². The predicted octanol–water partition coefficient (Wildman–Crippen LogP) is 5.10. The van der Waals surface area contributed by atoms with Gasteiger partial charge in [-0.05, 0) is 65.6 Å². The van der Waals surface area contributed by atoms with Crippen LogP contribution in [0.2, 0.25) is 0 Å². The Balaban J connectivity index is 1.50. The molecule has 1 aliphatic heterocycles. The van der Waals surface area contributed by atoms with Crippen molar-refractivity contribution in [2.45, 2.75) is 11.6 Å². The molecule has 0 bridgehead atoms. The molecule has 1 aliphatic rings. The standard InChI is InChI=1S/C28H25NO7S/c1-33-22-12-18(13-23(16-22)34-2)14-24(27(31)35-3)19-6-10-21(11-7-19)36-20-8-4-17(5-9-20)15-25-26(30)29-28(32)37-25/h4-14,16,25H,15H2,1-3H3,(H,29,30,32)/b24-14+/i25D. The van der Waals surface area contributed by atoms with E-state index in [0.717, 1.165) is 5.56 Å². The third-order valence-corrected chi connectivity index (χ3v) is 6.33. The number of carbonyl (C=O) groups is 3. The molecule has 4 rings (SSSR count). The van der Waals surface area contributed by atoms with Crippen molar-refractivity contribution in [2.75, 3.05) is 21.3 Å². The van der Waals surface area contributed by atoms with Gasteiger partial charge in [0.1, 0.15) is 23.0 Å². The zero-order valence-electron chi connectivity index (χ0n) is 21.4. The van der Waals surface area contributed by atoms with Crippen LogP contribution in [0.3, 0.4) is 0 Å². The molecule has 0 radical (unpaired) electrons. The second-order valence-corrected chi connectivity index (χ2v) is 8.98. The van der Waals surface area contributed by atoms with Gasteiger partial charge in [0, 0.05) is 6.07 Å². The molecule has 2 amide bonds. The fourth-order valence-corrected chi connectivity index (χ4v) is 4.36. The average molecular weight is 521 g/mol. The molecule has 1 saturated heterocycles. The number of amides is 2. The van der Waals surface area contributed by atoms with Crippen molar-refractivity contribution in [3.8, 4) is 23.0 Å². The van der Waals surface area contributed by atoms with E-state index in [0.29, 0.717) is 51.5 Å². The first-order chi connectivity index (χ1) is 18.2. The Bertz CT molecular complexity index is 1370. The summed E-state index contributed by atoms with van der Waals surface area (Å²) >= 11 is 0.675. The van der Waals surface area contributed by atoms with E-state index in [-0.39, 0.29) is 6.42 Å². The zero-order chi connectivity index (χ0) is 27.3. The van der Waals surface area contributed by atoms with Gasteiger partial charge in [-0.2, -0.15) is 0 Å². The van der Waals surface area contributed by atoms with Crippen LogP contribution in [-0.4, -0.2) is 43.7 Å². The summed E-state index contributed by atoms with van der Waals surface area (Å²) in [5.74, 6) is 1.16. The molecule has 1 atom stereocenters. The molecule has 3 aromatic rings. The van der Waals surface area contributed by atoms with Gasteiger partial charge in [-0.1, -0.05) is 36.0 Å². The first-order valence-corrected chi connectivity index (χ1v) is 12.0. The van der Waals surface area contributed by atoms with Gasteiger partial charge in [-0.15, -0.1) is 0 Å². The van der Waals surface area contributed by atoms with E-state index in [1.807, 2.05) is 0 Å². The van der Waals surface area contributed by atoms with Gasteiger partial charge in [-0.25, -0.2) is 4.79 Å². The Morgan fingerprint density at radius 3 is 2.03 bits per heavy atom. The summed E-state index contributed by atoms with van der Waals surface area (Å²) < 4.78 is 29.8. The lowest BCUT2D eigenvalue weighted by Gasteiger charge is -2.11. The van der Waals surface area contributed by atoms with Crippen molar-refractivity contribution >= 4 is 40.5 Å². The lowest BCUT2D eigenvalue weighted by Crippen LogP contribution is -2.25. The molecule has 1 N–H and O–H groups in total. The van der Waals surface area contributed by atoms with Gasteiger partial charge in [-0.3, -0.25) is 14.9 Å². The predicted molar refractivity (Wildman–Crippen MR) is 141 cm³/mol. The molecular weight excluding hydrogens is 494 g/mol. The Kier molecular flexibility index (Phi) is 7.71. The summed E-state index contributed by atoms with van der Waals surface area (Å²) in [6, 6.07) is 19.2. The third kappa shape index (κ3) is 6.50. The number of rotatable bonds is 9. The smallest absolute Gasteiger partial charge is 0.338 e. The highest BCUT2D eigenvalue weighted by Crippen LogP contribution is 2.29. The number of ether oxygens (including phenoxy) is 4. The van der Waals surface area contributed by atoms with Crippen molar-refractivity contribution in [1.29, 1.82) is 0 Å². The second kappa shape index (κ2) is 11.7. The van der Waals surface area contributed by atoms with Crippen LogP contribution in [-0.2, 0) is 20.7 Å². The summed E-state index contributed by atoms with van der Waals surface area (Å²) in [7, 11) is 4.43. The van der Waals surface area contributed by atoms with E-state index in [9.17, 15) is 14.4 Å². The summed E-state index contributed by atoms with van der Waals surface area (Å²) in [6.45, 7) is 0. The quantitative estimate of drug-likeness (QED) is 0.236. The van der Waals surface area contributed by atoms with Crippen LogP contribution in [0.15, 0.2) is 66.7 Å². The summed E-state index contributed by atoms with van der Waals surface area (Å²) in [6.07, 6.45) is 1.78. The molecule has 0 spiro atoms. The van der Waals surface area contributed by atoms with Crippen LogP contribution in [0.25, 0.3) is 11.6 Å². The molecule has 0 saturated carbocycles. The molecule has 37 heavy (non-hydrogen) atoms. The van der Waals surface area contributed by atoms with Crippen molar-refractivity contribution in [3.63, 3.8) is 0 Å². The number of nitrogens with one attached hydrogen (secondary N) is 1. The highest BCUT2D eigenvalue weighted by Gasteiger charge is 2.31. The first-order valence-electron chi connectivity index (χ1n) is 11.7. The Morgan fingerprint density at radius 2 is 1.51 bits per heavy atom. The number of imide groups is 1. The van der Waals surface area contributed by atoms with Gasteiger partial charge in [0.2, 0.25) is 5.91 Å². The van der Waals surface area contributed by atoms with Gasteiger partial charge < -0.3 is 18.9 Å². The number of hydrogen-bond acceptors (Lipinski definition) is 8. The lowest BCUT2D eigenvalue weighted by molar-refractivity contribution is -0.133. The van der Waals surface area contributed by atoms with E-state index >= 15 is 0 Å². The largest absolute Gasteiger partial charge is 0.497 e. The SMILES string of the molecule is [2H]C1(Cc2ccc(Oc3ccc(/C(=C\c4cc(OC)cc(OC)c4)C(=O)OC)cc3)cc2)SC(=O)NC1=O. The van der Waals surface area contributed by atoms with E-state index in [1.165, 1.54) is 7.11 Å². The average Bonchev–Trinajstić information content (AvgIpc) is 3.18. The number of hydrogen-bond donors (Lipinski definition) is 1. The van der Waals surface area contributed by atoms with Crippen molar-refractivity contribution in [1.82, 2.24) is 5.32 Å². The number of methoxy groups -OCH3 is 3. The minimum Gasteiger partial charge on any atom is -0.497 e. The Morgan fingerprint density at radius 1 is 0.919 bits per heavy atom. The molecule has 1 heterocycles. The normalized spacial score (nSPS) is 17.6. The molecule has 8 nitrogen and oxygen atoms in total. The number of esters is 1. The van der Waals surface area contributed by atoms with Crippen LogP contribution in [0.4, 0.5) is 4.79 Å². The lowest BCUT2D eigenvalue weighted by atomic mass is 10.0. The van der Waals surface area contributed by atoms with Gasteiger partial charge in [0.15, 0.2) is 0 Å². The summed E-state index contributed by atoms with van der Waals surface area (Å²) in [4.78, 5) is 35.9. The van der Waals surface area contributed by atoms with Crippen molar-refractivity contribution in [2.24, 2.45) is 0 Å². The van der Waals surface area contributed by atoms with E-state index in [2.05, 4.69) is 5.32 Å². The van der Waals surface area contributed by atoms with E-state index in [4.69, 9.17) is 20.3 Å². The summed E-state index contributed by atoms with van der Waals surface area (Å²) in [5, 5.41) is 0.0617. The maximum atomic E-state index is 12.6. The fourth-order valence-electron chi connectivity index (χ4n) is 3.61.